The van der Waals surface area contributed by atoms with Crippen LogP contribution in [-0.2, 0) is 25.6 Å². The first-order chi connectivity index (χ1) is 18.3. The molecule has 3 aliphatic rings. The van der Waals surface area contributed by atoms with E-state index >= 15 is 0 Å². The number of benzene rings is 2. The van der Waals surface area contributed by atoms with Gasteiger partial charge in [-0.05, 0) is 36.6 Å². The standard InChI is InChI=1S/C27H30F3N3O5/c28-27(29,30)18-38-24(19-5-7-21(8-6-19)31-13-15-36-16-14-31)25(34)32-11-9-22(10-12-32)33-23-4-2-1-3-20(23)17-37-26(33)35/h1-8,22,24H,9-18H2. The van der Waals surface area contributed by atoms with Crippen molar-refractivity contribution in [3.05, 3.63) is 59.7 Å². The number of amides is 2. The number of ether oxygens (including phenoxy) is 3. The van der Waals surface area contributed by atoms with Gasteiger partial charge in [0.15, 0.2) is 6.10 Å². The number of nitrogens with zero attached hydrogens (tertiary/aromatic N) is 3. The zero-order valence-electron chi connectivity index (χ0n) is 20.9. The van der Waals surface area contributed by atoms with Crippen molar-refractivity contribution in [2.75, 3.05) is 55.8 Å². The van der Waals surface area contributed by atoms with Gasteiger partial charge in [-0.3, -0.25) is 9.69 Å². The van der Waals surface area contributed by atoms with Crippen LogP contribution in [0.3, 0.4) is 0 Å². The number of fused-ring (bicyclic) bond motifs is 1. The summed E-state index contributed by atoms with van der Waals surface area (Å²) in [6, 6.07) is 14.2. The van der Waals surface area contributed by atoms with E-state index in [4.69, 9.17) is 14.2 Å². The van der Waals surface area contributed by atoms with Gasteiger partial charge in [0.05, 0.1) is 18.9 Å². The minimum absolute atomic E-state index is 0.185. The monoisotopic (exact) mass is 533 g/mol. The topological polar surface area (TPSA) is 71.5 Å². The first kappa shape index (κ1) is 26.3. The molecule has 0 saturated carbocycles. The predicted octanol–water partition coefficient (Wildman–Crippen LogP) is 4.29. The molecule has 11 heteroatoms. The number of carbonyl (C=O) groups excluding carboxylic acids is 2. The average Bonchev–Trinajstić information content (AvgIpc) is 2.93. The molecule has 3 heterocycles. The Morgan fingerprint density at radius 3 is 2.37 bits per heavy atom. The maximum atomic E-state index is 13.4. The van der Waals surface area contributed by atoms with Crippen molar-refractivity contribution in [1.29, 1.82) is 0 Å². The smallest absolute Gasteiger partial charge is 0.414 e. The van der Waals surface area contributed by atoms with Crippen LogP contribution >= 0.6 is 0 Å². The second-order valence-electron chi connectivity index (χ2n) is 9.61. The van der Waals surface area contributed by atoms with Crippen LogP contribution in [0.2, 0.25) is 0 Å². The number of carbonyl (C=O) groups is 2. The minimum atomic E-state index is -4.57. The van der Waals surface area contributed by atoms with E-state index in [9.17, 15) is 22.8 Å². The Balaban J connectivity index is 1.28. The minimum Gasteiger partial charge on any atom is -0.444 e. The number of piperidine rings is 1. The lowest BCUT2D eigenvalue weighted by Crippen LogP contribution is -2.51. The summed E-state index contributed by atoms with van der Waals surface area (Å²) in [5.41, 5.74) is 2.98. The molecule has 2 aromatic carbocycles. The van der Waals surface area contributed by atoms with E-state index in [2.05, 4.69) is 4.90 Å². The molecule has 2 fully saturated rings. The SMILES string of the molecule is O=C(C(OCC(F)(F)F)c1ccc(N2CCOCC2)cc1)N1CCC(N2C(=O)OCc3ccccc32)CC1. The van der Waals surface area contributed by atoms with Crippen molar-refractivity contribution in [3.63, 3.8) is 0 Å². The molecule has 8 nitrogen and oxygen atoms in total. The van der Waals surface area contributed by atoms with Crippen LogP contribution in [0.4, 0.5) is 29.3 Å². The van der Waals surface area contributed by atoms with Gasteiger partial charge >= 0.3 is 12.3 Å². The fourth-order valence-corrected chi connectivity index (χ4v) is 5.20. The van der Waals surface area contributed by atoms with E-state index in [0.29, 0.717) is 31.6 Å². The maximum Gasteiger partial charge on any atom is 0.414 e. The van der Waals surface area contributed by atoms with Crippen LogP contribution < -0.4 is 9.80 Å². The van der Waals surface area contributed by atoms with Gasteiger partial charge in [0, 0.05) is 43.5 Å². The quantitative estimate of drug-likeness (QED) is 0.552. The Hall–Kier alpha value is -3.31. The van der Waals surface area contributed by atoms with Gasteiger partial charge in [-0.25, -0.2) is 4.79 Å². The first-order valence-electron chi connectivity index (χ1n) is 12.7. The molecule has 3 aliphatic heterocycles. The fraction of sp³-hybridized carbons (Fsp3) is 0.481. The number of morpholine rings is 1. The molecule has 1 atom stereocenters. The fourth-order valence-electron chi connectivity index (χ4n) is 5.20. The summed E-state index contributed by atoms with van der Waals surface area (Å²) in [6.07, 6.45) is -5.44. The number of cyclic esters (lactones) is 1. The molecule has 38 heavy (non-hydrogen) atoms. The van der Waals surface area contributed by atoms with Crippen molar-refractivity contribution in [2.45, 2.75) is 37.8 Å². The summed E-state index contributed by atoms with van der Waals surface area (Å²) >= 11 is 0. The van der Waals surface area contributed by atoms with Crippen LogP contribution in [0.5, 0.6) is 0 Å². The summed E-state index contributed by atoms with van der Waals surface area (Å²) < 4.78 is 55.0. The zero-order chi connectivity index (χ0) is 26.7. The number of alkyl halides is 3. The number of hydrogen-bond donors (Lipinski definition) is 0. The number of rotatable bonds is 6. The summed E-state index contributed by atoms with van der Waals surface area (Å²) in [5, 5.41) is 0. The van der Waals surface area contributed by atoms with Crippen LogP contribution in [0.1, 0.15) is 30.1 Å². The van der Waals surface area contributed by atoms with E-state index < -0.39 is 30.9 Å². The Morgan fingerprint density at radius 1 is 1.00 bits per heavy atom. The lowest BCUT2D eigenvalue weighted by Gasteiger charge is -2.40. The van der Waals surface area contributed by atoms with Crippen molar-refractivity contribution >= 4 is 23.4 Å². The molecular formula is C27H30F3N3O5. The lowest BCUT2D eigenvalue weighted by molar-refractivity contribution is -0.191. The highest BCUT2D eigenvalue weighted by atomic mass is 19.4. The van der Waals surface area contributed by atoms with Crippen LogP contribution in [-0.4, -0.2) is 75.1 Å². The highest BCUT2D eigenvalue weighted by Gasteiger charge is 2.38. The van der Waals surface area contributed by atoms with Crippen molar-refractivity contribution in [1.82, 2.24) is 4.90 Å². The average molecular weight is 534 g/mol. The molecule has 0 N–H and O–H groups in total. The molecule has 0 spiro atoms. The molecule has 5 rings (SSSR count). The Kier molecular flexibility index (Phi) is 7.75. The molecule has 204 valence electrons. The highest BCUT2D eigenvalue weighted by molar-refractivity contribution is 5.91. The normalized spacial score (nSPS) is 19.7. The maximum absolute atomic E-state index is 13.4. The number of para-hydroxylation sites is 1. The van der Waals surface area contributed by atoms with Gasteiger partial charge in [0.2, 0.25) is 0 Å². The van der Waals surface area contributed by atoms with Crippen molar-refractivity contribution in [3.8, 4) is 0 Å². The van der Waals surface area contributed by atoms with Crippen molar-refractivity contribution in [2.24, 2.45) is 0 Å². The molecule has 2 aromatic rings. The molecule has 2 amide bonds. The van der Waals surface area contributed by atoms with Gasteiger partial charge < -0.3 is 24.0 Å². The molecule has 0 aliphatic carbocycles. The molecular weight excluding hydrogens is 503 g/mol. The third-order valence-corrected chi connectivity index (χ3v) is 7.15. The third kappa shape index (κ3) is 5.88. The van der Waals surface area contributed by atoms with E-state index in [-0.39, 0.29) is 25.7 Å². The number of likely N-dealkylation sites (tertiary alicyclic amines) is 1. The largest absolute Gasteiger partial charge is 0.444 e. The van der Waals surface area contributed by atoms with Crippen LogP contribution in [0.15, 0.2) is 48.5 Å². The number of anilines is 2. The molecule has 2 saturated heterocycles. The third-order valence-electron chi connectivity index (χ3n) is 7.15. The van der Waals surface area contributed by atoms with Crippen LogP contribution in [0, 0.1) is 0 Å². The summed E-state index contributed by atoms with van der Waals surface area (Å²) in [5.74, 6) is -0.520. The first-order valence-corrected chi connectivity index (χ1v) is 12.7. The van der Waals surface area contributed by atoms with E-state index in [1.165, 1.54) is 4.90 Å². The highest BCUT2D eigenvalue weighted by Crippen LogP contribution is 2.33. The Morgan fingerprint density at radius 2 is 1.68 bits per heavy atom. The number of hydrogen-bond acceptors (Lipinski definition) is 6. The second-order valence-corrected chi connectivity index (χ2v) is 9.61. The molecule has 0 aromatic heterocycles. The van der Waals surface area contributed by atoms with Gasteiger partial charge in [-0.1, -0.05) is 30.3 Å². The Bertz CT molecular complexity index is 1130. The Labute approximate surface area is 218 Å². The molecule has 1 unspecified atom stereocenters. The summed E-state index contributed by atoms with van der Waals surface area (Å²) in [7, 11) is 0. The second kappa shape index (κ2) is 11.2. The van der Waals surface area contributed by atoms with E-state index in [1.54, 1.807) is 29.2 Å². The van der Waals surface area contributed by atoms with Crippen molar-refractivity contribution < 1.29 is 37.0 Å². The predicted molar refractivity (Wildman–Crippen MR) is 133 cm³/mol. The van der Waals surface area contributed by atoms with E-state index in [1.807, 2.05) is 24.3 Å². The summed E-state index contributed by atoms with van der Waals surface area (Å²) in [4.78, 5) is 31.3. The van der Waals surface area contributed by atoms with Gasteiger partial charge in [0.1, 0.15) is 13.2 Å². The lowest BCUT2D eigenvalue weighted by atomic mass is 9.99. The van der Waals surface area contributed by atoms with Gasteiger partial charge in [-0.2, -0.15) is 13.2 Å². The number of halogens is 3. The van der Waals surface area contributed by atoms with Crippen LogP contribution in [0.25, 0.3) is 0 Å². The summed E-state index contributed by atoms with van der Waals surface area (Å²) in [6.45, 7) is 1.91. The molecule has 0 bridgehead atoms. The van der Waals surface area contributed by atoms with E-state index in [0.717, 1.165) is 30.0 Å². The van der Waals surface area contributed by atoms with Gasteiger partial charge in [-0.15, -0.1) is 0 Å². The van der Waals surface area contributed by atoms with Gasteiger partial charge in [0.25, 0.3) is 5.91 Å². The molecule has 0 radical (unpaired) electrons. The zero-order valence-corrected chi connectivity index (χ0v) is 20.9.